The molecule has 2 saturated carbocycles. The molecule has 4 unspecified atom stereocenters. The first kappa shape index (κ1) is 11.1. The summed E-state index contributed by atoms with van der Waals surface area (Å²) in [5.41, 5.74) is 0.936. The molecule has 0 heterocycles. The van der Waals surface area contributed by atoms with Crippen molar-refractivity contribution in [1.29, 1.82) is 0 Å². The Labute approximate surface area is 103 Å². The Kier molecular flexibility index (Phi) is 2.83. The van der Waals surface area contributed by atoms with Crippen LogP contribution in [0, 0.1) is 11.8 Å². The Balaban J connectivity index is 1.70. The van der Waals surface area contributed by atoms with E-state index >= 15 is 0 Å². The second-order valence-electron chi connectivity index (χ2n) is 5.58. The van der Waals surface area contributed by atoms with Crippen LogP contribution in [0.4, 0.5) is 0 Å². The highest BCUT2D eigenvalue weighted by Crippen LogP contribution is 2.46. The summed E-state index contributed by atoms with van der Waals surface area (Å²) in [6.07, 6.45) is 5.32. The third-order valence-corrected chi connectivity index (χ3v) is 4.30. The maximum absolute atomic E-state index is 9.56. The third kappa shape index (κ3) is 2.19. The molecule has 2 heteroatoms. The van der Waals surface area contributed by atoms with Gasteiger partial charge in [0.25, 0.3) is 0 Å². The number of benzene rings is 1. The first-order valence-electron chi connectivity index (χ1n) is 6.67. The Hall–Kier alpha value is -1.02. The predicted octanol–water partition coefficient (Wildman–Crippen LogP) is 3.31. The fourth-order valence-corrected chi connectivity index (χ4v) is 3.35. The number of aliphatic hydroxyl groups is 1. The van der Waals surface area contributed by atoms with E-state index in [-0.39, 0.29) is 0 Å². The minimum atomic E-state index is -0.418. The van der Waals surface area contributed by atoms with Crippen LogP contribution in [-0.4, -0.2) is 11.2 Å². The Morgan fingerprint density at radius 2 is 2.18 bits per heavy atom. The highest BCUT2D eigenvalue weighted by Gasteiger charge is 2.40. The number of hydrogen-bond donors (Lipinski definition) is 1. The van der Waals surface area contributed by atoms with Crippen molar-refractivity contribution in [3.63, 3.8) is 0 Å². The number of fused-ring (bicyclic) bond motifs is 2. The molecule has 1 N–H and O–H groups in total. The normalized spacial score (nSPS) is 32.7. The van der Waals surface area contributed by atoms with Crippen LogP contribution in [0.5, 0.6) is 5.75 Å². The lowest BCUT2D eigenvalue weighted by Gasteiger charge is -2.23. The van der Waals surface area contributed by atoms with Crippen molar-refractivity contribution < 1.29 is 9.84 Å². The van der Waals surface area contributed by atoms with E-state index in [0.717, 1.165) is 23.1 Å². The molecule has 0 aromatic heterocycles. The molecule has 2 fully saturated rings. The molecule has 1 aromatic carbocycles. The van der Waals surface area contributed by atoms with Gasteiger partial charge in [0, 0.05) is 0 Å². The van der Waals surface area contributed by atoms with Gasteiger partial charge >= 0.3 is 0 Å². The quantitative estimate of drug-likeness (QED) is 0.866. The monoisotopic (exact) mass is 232 g/mol. The van der Waals surface area contributed by atoms with Gasteiger partial charge in [-0.25, -0.2) is 0 Å². The molecule has 2 aliphatic carbocycles. The van der Waals surface area contributed by atoms with Crippen LogP contribution in [0.2, 0.25) is 0 Å². The number of rotatable bonds is 3. The van der Waals surface area contributed by atoms with E-state index in [1.165, 1.54) is 25.7 Å². The van der Waals surface area contributed by atoms with E-state index in [1.54, 1.807) is 6.92 Å². The zero-order valence-electron chi connectivity index (χ0n) is 10.3. The molecule has 2 nitrogen and oxygen atoms in total. The molecule has 0 saturated heterocycles. The second-order valence-corrected chi connectivity index (χ2v) is 5.58. The molecule has 0 spiro atoms. The molecule has 0 radical (unpaired) electrons. The topological polar surface area (TPSA) is 29.5 Å². The van der Waals surface area contributed by atoms with Gasteiger partial charge in [0.15, 0.2) is 0 Å². The zero-order chi connectivity index (χ0) is 11.8. The maximum Gasteiger partial charge on any atom is 0.120 e. The Morgan fingerprint density at radius 3 is 2.82 bits per heavy atom. The van der Waals surface area contributed by atoms with Crippen LogP contribution in [-0.2, 0) is 0 Å². The molecule has 2 bridgehead atoms. The van der Waals surface area contributed by atoms with Crippen molar-refractivity contribution in [2.75, 3.05) is 0 Å². The summed E-state index contributed by atoms with van der Waals surface area (Å²) in [5, 5.41) is 9.56. The molecule has 2 aliphatic rings. The summed E-state index contributed by atoms with van der Waals surface area (Å²) in [5.74, 6) is 2.60. The summed E-state index contributed by atoms with van der Waals surface area (Å²) < 4.78 is 6.09. The van der Waals surface area contributed by atoms with Gasteiger partial charge in [0.2, 0.25) is 0 Å². The van der Waals surface area contributed by atoms with Gasteiger partial charge < -0.3 is 9.84 Å². The van der Waals surface area contributed by atoms with Gasteiger partial charge in [-0.1, -0.05) is 12.1 Å². The fourth-order valence-electron chi connectivity index (χ4n) is 3.35. The summed E-state index contributed by atoms with van der Waals surface area (Å²) >= 11 is 0. The minimum absolute atomic E-state index is 0.415. The zero-order valence-corrected chi connectivity index (χ0v) is 10.3. The van der Waals surface area contributed by atoms with Crippen molar-refractivity contribution >= 4 is 0 Å². The Bertz CT molecular complexity index is 400. The van der Waals surface area contributed by atoms with Gasteiger partial charge in [0.1, 0.15) is 11.9 Å². The maximum atomic E-state index is 9.56. The van der Waals surface area contributed by atoms with Crippen molar-refractivity contribution in [3.8, 4) is 5.75 Å². The summed E-state index contributed by atoms with van der Waals surface area (Å²) in [6.45, 7) is 1.79. The van der Waals surface area contributed by atoms with E-state index in [2.05, 4.69) is 0 Å². The van der Waals surface area contributed by atoms with Gasteiger partial charge in [-0.05, 0) is 62.1 Å². The van der Waals surface area contributed by atoms with E-state index in [9.17, 15) is 5.11 Å². The van der Waals surface area contributed by atoms with E-state index < -0.39 is 6.10 Å². The largest absolute Gasteiger partial charge is 0.490 e. The van der Waals surface area contributed by atoms with E-state index in [0.29, 0.717) is 6.10 Å². The minimum Gasteiger partial charge on any atom is -0.490 e. The van der Waals surface area contributed by atoms with Crippen molar-refractivity contribution in [1.82, 2.24) is 0 Å². The SMILES string of the molecule is CC(O)c1cccc(OC2CC3CCC2C3)c1. The lowest BCUT2D eigenvalue weighted by Crippen LogP contribution is -2.23. The third-order valence-electron chi connectivity index (χ3n) is 4.30. The number of ether oxygens (including phenoxy) is 1. The average Bonchev–Trinajstić information content (AvgIpc) is 2.91. The number of hydrogen-bond acceptors (Lipinski definition) is 2. The molecular formula is C15H20O2. The van der Waals surface area contributed by atoms with Crippen LogP contribution in [0.25, 0.3) is 0 Å². The van der Waals surface area contributed by atoms with Gasteiger partial charge in [0.05, 0.1) is 6.10 Å². The lowest BCUT2D eigenvalue weighted by molar-refractivity contribution is 0.137. The van der Waals surface area contributed by atoms with Crippen LogP contribution < -0.4 is 4.74 Å². The summed E-state index contributed by atoms with van der Waals surface area (Å²) in [7, 11) is 0. The number of aliphatic hydroxyl groups excluding tert-OH is 1. The molecule has 17 heavy (non-hydrogen) atoms. The van der Waals surface area contributed by atoms with Gasteiger partial charge in [-0.15, -0.1) is 0 Å². The molecule has 4 atom stereocenters. The van der Waals surface area contributed by atoms with E-state index in [1.807, 2.05) is 24.3 Å². The Morgan fingerprint density at radius 1 is 1.29 bits per heavy atom. The highest BCUT2D eigenvalue weighted by molar-refractivity contribution is 5.30. The first-order valence-corrected chi connectivity index (χ1v) is 6.67. The second kappa shape index (κ2) is 4.34. The average molecular weight is 232 g/mol. The molecule has 92 valence electrons. The van der Waals surface area contributed by atoms with E-state index in [4.69, 9.17) is 4.74 Å². The fraction of sp³-hybridized carbons (Fsp3) is 0.600. The highest BCUT2D eigenvalue weighted by atomic mass is 16.5. The van der Waals surface area contributed by atoms with Crippen molar-refractivity contribution in [2.24, 2.45) is 11.8 Å². The summed E-state index contributed by atoms with van der Waals surface area (Å²) in [6, 6.07) is 7.87. The summed E-state index contributed by atoms with van der Waals surface area (Å²) in [4.78, 5) is 0. The van der Waals surface area contributed by atoms with Crippen LogP contribution in [0.3, 0.4) is 0 Å². The standard InChI is InChI=1S/C15H20O2/c1-10(16)12-3-2-4-14(9-12)17-15-8-11-5-6-13(15)7-11/h2-4,9-11,13,15-16H,5-8H2,1H3. The first-order chi connectivity index (χ1) is 8.22. The van der Waals surface area contributed by atoms with Gasteiger partial charge in [-0.2, -0.15) is 0 Å². The van der Waals surface area contributed by atoms with Crippen molar-refractivity contribution in [2.45, 2.75) is 44.8 Å². The smallest absolute Gasteiger partial charge is 0.120 e. The van der Waals surface area contributed by atoms with Crippen LogP contribution in [0.1, 0.15) is 44.3 Å². The molecule has 1 aromatic rings. The lowest BCUT2D eigenvalue weighted by atomic mass is 9.97. The van der Waals surface area contributed by atoms with Crippen LogP contribution in [0.15, 0.2) is 24.3 Å². The molecule has 3 rings (SSSR count). The molecule has 0 amide bonds. The molecule has 0 aliphatic heterocycles. The predicted molar refractivity (Wildman–Crippen MR) is 66.9 cm³/mol. The molecular weight excluding hydrogens is 212 g/mol. The van der Waals surface area contributed by atoms with Crippen molar-refractivity contribution in [3.05, 3.63) is 29.8 Å². The van der Waals surface area contributed by atoms with Crippen LogP contribution >= 0.6 is 0 Å². The van der Waals surface area contributed by atoms with Gasteiger partial charge in [-0.3, -0.25) is 0 Å².